The van der Waals surface area contributed by atoms with Crippen molar-refractivity contribution in [1.82, 2.24) is 16.0 Å². The van der Waals surface area contributed by atoms with E-state index < -0.39 is 23.6 Å². The molecular formula is C21H25N5O4S. The van der Waals surface area contributed by atoms with E-state index >= 15 is 0 Å². The number of para-hydroxylation sites is 2. The first-order valence-corrected chi connectivity index (χ1v) is 10.7. The number of anilines is 1. The van der Waals surface area contributed by atoms with E-state index in [2.05, 4.69) is 21.3 Å². The van der Waals surface area contributed by atoms with E-state index in [9.17, 15) is 14.4 Å². The standard InChI is InChI=1S/C21H25N5O4S/c1-12-7-9-13(10-8-12)19(28)24-17-18(22)25-21(26-20(17)29)31-11-16(27)23-14-5-3-4-6-15(14)30-2/h3-10,17-18,21,25H,11,22H2,1-2H3,(H,23,27)(H,24,28)(H,26,29). The quantitative estimate of drug-likeness (QED) is 0.426. The summed E-state index contributed by atoms with van der Waals surface area (Å²) in [6, 6.07) is 13.1. The van der Waals surface area contributed by atoms with Gasteiger partial charge >= 0.3 is 0 Å². The fourth-order valence-corrected chi connectivity index (χ4v) is 3.81. The first-order chi connectivity index (χ1) is 14.9. The number of aryl methyl sites for hydroxylation is 1. The highest BCUT2D eigenvalue weighted by Crippen LogP contribution is 2.23. The van der Waals surface area contributed by atoms with Crippen LogP contribution < -0.4 is 31.7 Å². The highest BCUT2D eigenvalue weighted by atomic mass is 32.2. The molecule has 31 heavy (non-hydrogen) atoms. The van der Waals surface area contributed by atoms with Crippen LogP contribution in [0.3, 0.4) is 0 Å². The van der Waals surface area contributed by atoms with Crippen LogP contribution in [0.1, 0.15) is 15.9 Å². The minimum absolute atomic E-state index is 0.0725. The van der Waals surface area contributed by atoms with Crippen LogP contribution in [0, 0.1) is 6.92 Å². The molecule has 0 spiro atoms. The molecule has 3 amide bonds. The third kappa shape index (κ3) is 5.97. The van der Waals surface area contributed by atoms with E-state index in [1.807, 2.05) is 19.1 Å². The van der Waals surface area contributed by atoms with Gasteiger partial charge in [0.1, 0.15) is 17.3 Å². The van der Waals surface area contributed by atoms with Crippen LogP contribution in [-0.2, 0) is 9.59 Å². The van der Waals surface area contributed by atoms with Gasteiger partial charge in [-0.2, -0.15) is 0 Å². The highest BCUT2D eigenvalue weighted by molar-refractivity contribution is 8.00. The fourth-order valence-electron chi connectivity index (χ4n) is 2.96. The number of carbonyl (C=O) groups is 3. The molecule has 0 saturated carbocycles. The van der Waals surface area contributed by atoms with Gasteiger partial charge in [0.2, 0.25) is 11.8 Å². The normalized spacial score (nSPS) is 20.5. The van der Waals surface area contributed by atoms with Crippen molar-refractivity contribution in [2.45, 2.75) is 24.6 Å². The summed E-state index contributed by atoms with van der Waals surface area (Å²) in [4.78, 5) is 37.1. The predicted octanol–water partition coefficient (Wildman–Crippen LogP) is 0.762. The maximum absolute atomic E-state index is 12.5. The molecular weight excluding hydrogens is 418 g/mol. The second-order valence-electron chi connectivity index (χ2n) is 6.96. The first kappa shape index (κ1) is 22.6. The molecule has 9 nitrogen and oxygen atoms in total. The summed E-state index contributed by atoms with van der Waals surface area (Å²) in [5.74, 6) is -0.439. The summed E-state index contributed by atoms with van der Waals surface area (Å²) in [5.41, 5.74) is 7.52. The van der Waals surface area contributed by atoms with Crippen molar-refractivity contribution in [2.75, 3.05) is 18.2 Å². The van der Waals surface area contributed by atoms with Crippen molar-refractivity contribution in [3.63, 3.8) is 0 Å². The molecule has 6 N–H and O–H groups in total. The summed E-state index contributed by atoms with van der Waals surface area (Å²) in [5, 5.41) is 11.1. The third-order valence-electron chi connectivity index (χ3n) is 4.62. The van der Waals surface area contributed by atoms with Gasteiger partial charge in [-0.05, 0) is 31.2 Å². The largest absolute Gasteiger partial charge is 0.495 e. The number of ether oxygens (including phenoxy) is 1. The van der Waals surface area contributed by atoms with Crippen LogP contribution in [0.5, 0.6) is 5.75 Å². The van der Waals surface area contributed by atoms with Crippen molar-refractivity contribution in [2.24, 2.45) is 5.73 Å². The summed E-state index contributed by atoms with van der Waals surface area (Å²) >= 11 is 1.18. The van der Waals surface area contributed by atoms with E-state index in [1.165, 1.54) is 18.9 Å². The maximum Gasteiger partial charge on any atom is 0.252 e. The molecule has 1 heterocycles. The number of hydrogen-bond acceptors (Lipinski definition) is 7. The zero-order chi connectivity index (χ0) is 22.4. The Morgan fingerprint density at radius 1 is 1.16 bits per heavy atom. The van der Waals surface area contributed by atoms with Crippen LogP contribution in [0.25, 0.3) is 0 Å². The minimum Gasteiger partial charge on any atom is -0.495 e. The number of methoxy groups -OCH3 is 1. The van der Waals surface area contributed by atoms with Crippen molar-refractivity contribution in [3.05, 3.63) is 59.7 Å². The number of amides is 3. The summed E-state index contributed by atoms with van der Waals surface area (Å²) < 4.78 is 5.21. The Balaban J connectivity index is 1.50. The molecule has 1 aliphatic rings. The lowest BCUT2D eigenvalue weighted by Crippen LogP contribution is -2.70. The van der Waals surface area contributed by atoms with Gasteiger partial charge < -0.3 is 26.4 Å². The predicted molar refractivity (Wildman–Crippen MR) is 120 cm³/mol. The molecule has 0 radical (unpaired) electrons. The number of nitrogens with one attached hydrogen (secondary N) is 4. The van der Waals surface area contributed by atoms with E-state index in [0.29, 0.717) is 17.0 Å². The van der Waals surface area contributed by atoms with E-state index in [-0.39, 0.29) is 17.6 Å². The molecule has 0 aliphatic carbocycles. The Morgan fingerprint density at radius 3 is 2.55 bits per heavy atom. The van der Waals surface area contributed by atoms with E-state index in [1.54, 1.807) is 36.4 Å². The van der Waals surface area contributed by atoms with Gasteiger partial charge in [-0.3, -0.25) is 19.7 Å². The Bertz CT molecular complexity index is 953. The maximum atomic E-state index is 12.5. The number of carbonyl (C=O) groups excluding carboxylic acids is 3. The van der Waals surface area contributed by atoms with Crippen molar-refractivity contribution < 1.29 is 19.1 Å². The van der Waals surface area contributed by atoms with Crippen LogP contribution in [0.15, 0.2) is 48.5 Å². The topological polar surface area (TPSA) is 135 Å². The van der Waals surface area contributed by atoms with Gasteiger partial charge in [0.05, 0.1) is 24.7 Å². The first-order valence-electron chi connectivity index (χ1n) is 9.61. The van der Waals surface area contributed by atoms with E-state index in [4.69, 9.17) is 10.5 Å². The molecule has 1 saturated heterocycles. The Kier molecular flexibility index (Phi) is 7.50. The molecule has 1 aliphatic heterocycles. The molecule has 164 valence electrons. The zero-order valence-corrected chi connectivity index (χ0v) is 18.0. The van der Waals surface area contributed by atoms with E-state index in [0.717, 1.165) is 5.56 Å². The average Bonchev–Trinajstić information content (AvgIpc) is 2.75. The molecule has 1 fully saturated rings. The average molecular weight is 444 g/mol. The van der Waals surface area contributed by atoms with Crippen LogP contribution in [0.4, 0.5) is 5.69 Å². The smallest absolute Gasteiger partial charge is 0.252 e. The van der Waals surface area contributed by atoms with Crippen LogP contribution >= 0.6 is 11.8 Å². The number of nitrogens with two attached hydrogens (primary N) is 1. The number of thioether (sulfide) groups is 1. The summed E-state index contributed by atoms with van der Waals surface area (Å²) in [6.07, 6.45) is -0.807. The summed E-state index contributed by atoms with van der Waals surface area (Å²) in [6.45, 7) is 1.92. The SMILES string of the molecule is COc1ccccc1NC(=O)CSC1NC(=O)C(NC(=O)c2ccc(C)cc2)C(N)N1. The van der Waals surface area contributed by atoms with Crippen LogP contribution in [0.2, 0.25) is 0 Å². The number of rotatable bonds is 7. The van der Waals surface area contributed by atoms with Gasteiger partial charge in [0.25, 0.3) is 5.91 Å². The molecule has 3 atom stereocenters. The van der Waals surface area contributed by atoms with Gasteiger partial charge in [-0.15, -0.1) is 11.8 Å². The Morgan fingerprint density at radius 2 is 1.87 bits per heavy atom. The van der Waals surface area contributed by atoms with Gasteiger partial charge in [-0.25, -0.2) is 0 Å². The van der Waals surface area contributed by atoms with Crippen molar-refractivity contribution in [1.29, 1.82) is 0 Å². The van der Waals surface area contributed by atoms with Gasteiger partial charge in [0, 0.05) is 5.56 Å². The second kappa shape index (κ2) is 10.3. The number of benzene rings is 2. The lowest BCUT2D eigenvalue weighted by atomic mass is 10.1. The van der Waals surface area contributed by atoms with Crippen molar-refractivity contribution >= 4 is 35.2 Å². The minimum atomic E-state index is -0.937. The summed E-state index contributed by atoms with van der Waals surface area (Å²) in [7, 11) is 1.52. The Labute approximate surface area is 184 Å². The second-order valence-corrected chi connectivity index (χ2v) is 8.05. The number of hydrogen-bond donors (Lipinski definition) is 5. The zero-order valence-electron chi connectivity index (χ0n) is 17.2. The lowest BCUT2D eigenvalue weighted by molar-refractivity contribution is -0.125. The molecule has 10 heteroatoms. The van der Waals surface area contributed by atoms with Crippen LogP contribution in [-0.4, -0.2) is 48.3 Å². The lowest BCUT2D eigenvalue weighted by Gasteiger charge is -2.35. The van der Waals surface area contributed by atoms with Crippen molar-refractivity contribution in [3.8, 4) is 5.75 Å². The van der Waals surface area contributed by atoms with Gasteiger partial charge in [-0.1, -0.05) is 29.8 Å². The molecule has 0 aromatic heterocycles. The monoisotopic (exact) mass is 443 g/mol. The molecule has 3 rings (SSSR count). The third-order valence-corrected chi connectivity index (χ3v) is 5.64. The Hall–Kier alpha value is -3.08. The molecule has 2 aromatic rings. The van der Waals surface area contributed by atoms with Gasteiger partial charge in [0.15, 0.2) is 0 Å². The molecule has 2 aromatic carbocycles. The highest BCUT2D eigenvalue weighted by Gasteiger charge is 2.35. The molecule has 0 bridgehead atoms. The fraction of sp³-hybridized carbons (Fsp3) is 0.286. The molecule has 3 unspecified atom stereocenters.